The molecule has 1 atom stereocenters. The van der Waals surface area contributed by atoms with Gasteiger partial charge in [0, 0.05) is 7.05 Å². The molecule has 0 aliphatic rings. The van der Waals surface area contributed by atoms with E-state index in [0.717, 1.165) is 21.6 Å². The van der Waals surface area contributed by atoms with Crippen LogP contribution < -0.4 is 10.6 Å². The number of rotatable bonds is 4. The maximum atomic E-state index is 13.3. The molecule has 108 valence electrons. The van der Waals surface area contributed by atoms with Crippen LogP contribution in [0.5, 0.6) is 0 Å². The van der Waals surface area contributed by atoms with E-state index in [1.54, 1.807) is 24.5 Å². The van der Waals surface area contributed by atoms with Gasteiger partial charge in [0.2, 0.25) is 5.95 Å². The number of hydrogen-bond acceptors (Lipinski definition) is 5. The van der Waals surface area contributed by atoms with E-state index in [2.05, 4.69) is 20.6 Å². The van der Waals surface area contributed by atoms with Crippen molar-refractivity contribution in [2.75, 3.05) is 17.7 Å². The van der Waals surface area contributed by atoms with E-state index in [9.17, 15) is 4.39 Å². The molecule has 0 aliphatic carbocycles. The predicted molar refractivity (Wildman–Crippen MR) is 85.4 cm³/mol. The summed E-state index contributed by atoms with van der Waals surface area (Å²) in [7, 11) is 1.79. The average molecular weight is 302 g/mol. The molecule has 2 aromatic heterocycles. The van der Waals surface area contributed by atoms with Crippen LogP contribution in [0.1, 0.15) is 18.5 Å². The summed E-state index contributed by atoms with van der Waals surface area (Å²) in [6.45, 7) is 1.98. The lowest BCUT2D eigenvalue weighted by Crippen LogP contribution is -2.10. The molecule has 1 unspecified atom stereocenters. The van der Waals surface area contributed by atoms with Crippen molar-refractivity contribution in [1.29, 1.82) is 0 Å². The Morgan fingerprint density at radius 2 is 2.10 bits per heavy atom. The quantitative estimate of drug-likeness (QED) is 0.763. The van der Waals surface area contributed by atoms with Crippen LogP contribution in [0.15, 0.2) is 35.7 Å². The maximum absolute atomic E-state index is 13.3. The zero-order valence-corrected chi connectivity index (χ0v) is 12.5. The molecule has 2 heterocycles. The molecule has 0 saturated carbocycles. The van der Waals surface area contributed by atoms with Crippen molar-refractivity contribution in [2.45, 2.75) is 13.0 Å². The van der Waals surface area contributed by atoms with Crippen molar-refractivity contribution in [2.24, 2.45) is 0 Å². The van der Waals surface area contributed by atoms with E-state index in [-0.39, 0.29) is 11.9 Å². The Kier molecular flexibility index (Phi) is 3.70. The zero-order valence-electron chi connectivity index (χ0n) is 11.7. The number of anilines is 2. The maximum Gasteiger partial charge on any atom is 0.225 e. The van der Waals surface area contributed by atoms with Crippen LogP contribution in [-0.4, -0.2) is 17.0 Å². The molecule has 3 aromatic rings. The second-order valence-electron chi connectivity index (χ2n) is 4.71. The van der Waals surface area contributed by atoms with E-state index in [1.165, 1.54) is 12.1 Å². The number of benzene rings is 1. The van der Waals surface area contributed by atoms with Gasteiger partial charge >= 0.3 is 0 Å². The van der Waals surface area contributed by atoms with Crippen LogP contribution in [0.25, 0.3) is 10.2 Å². The third kappa shape index (κ3) is 2.80. The zero-order chi connectivity index (χ0) is 14.8. The van der Waals surface area contributed by atoms with Crippen LogP contribution in [0.3, 0.4) is 0 Å². The summed E-state index contributed by atoms with van der Waals surface area (Å²) in [6.07, 6.45) is 0. The first kappa shape index (κ1) is 13.8. The lowest BCUT2D eigenvalue weighted by Gasteiger charge is -2.16. The van der Waals surface area contributed by atoms with Gasteiger partial charge in [0.05, 0.1) is 11.4 Å². The van der Waals surface area contributed by atoms with Gasteiger partial charge in [-0.25, -0.2) is 9.37 Å². The molecule has 0 bridgehead atoms. The minimum Gasteiger partial charge on any atom is -0.363 e. The molecule has 2 N–H and O–H groups in total. The van der Waals surface area contributed by atoms with Gasteiger partial charge < -0.3 is 10.6 Å². The van der Waals surface area contributed by atoms with E-state index in [1.807, 2.05) is 24.4 Å². The Morgan fingerprint density at radius 1 is 1.24 bits per heavy atom. The SMILES string of the molecule is CNc1nc(NC(C)c2cccc(F)c2)c2ccsc2n1. The number of nitrogens with zero attached hydrogens (tertiary/aromatic N) is 2. The highest BCUT2D eigenvalue weighted by atomic mass is 32.1. The van der Waals surface area contributed by atoms with Gasteiger partial charge in [-0.15, -0.1) is 11.3 Å². The van der Waals surface area contributed by atoms with Crippen molar-refractivity contribution < 1.29 is 4.39 Å². The Morgan fingerprint density at radius 3 is 2.86 bits per heavy atom. The lowest BCUT2D eigenvalue weighted by molar-refractivity contribution is 0.623. The molecule has 0 saturated heterocycles. The summed E-state index contributed by atoms with van der Waals surface area (Å²) < 4.78 is 13.3. The third-order valence-electron chi connectivity index (χ3n) is 3.25. The predicted octanol–water partition coefficient (Wildman–Crippen LogP) is 4.05. The van der Waals surface area contributed by atoms with E-state index in [4.69, 9.17) is 0 Å². The number of aromatic nitrogens is 2. The van der Waals surface area contributed by atoms with Crippen molar-refractivity contribution in [3.63, 3.8) is 0 Å². The first-order valence-electron chi connectivity index (χ1n) is 6.62. The second-order valence-corrected chi connectivity index (χ2v) is 5.60. The molecule has 0 amide bonds. The minimum absolute atomic E-state index is 0.0524. The molecule has 3 rings (SSSR count). The first-order valence-corrected chi connectivity index (χ1v) is 7.50. The Labute approximate surface area is 126 Å². The van der Waals surface area contributed by atoms with Crippen molar-refractivity contribution in [1.82, 2.24) is 9.97 Å². The minimum atomic E-state index is -0.236. The number of nitrogens with one attached hydrogen (secondary N) is 2. The van der Waals surface area contributed by atoms with Crippen molar-refractivity contribution >= 4 is 33.3 Å². The van der Waals surface area contributed by atoms with Crippen LogP contribution in [0, 0.1) is 5.82 Å². The van der Waals surface area contributed by atoms with Crippen LogP contribution in [0.4, 0.5) is 16.2 Å². The van der Waals surface area contributed by atoms with Crippen molar-refractivity contribution in [3.05, 3.63) is 47.1 Å². The largest absolute Gasteiger partial charge is 0.363 e. The first-order chi connectivity index (χ1) is 10.2. The van der Waals surface area contributed by atoms with Crippen LogP contribution >= 0.6 is 11.3 Å². The number of fused-ring (bicyclic) bond motifs is 1. The van der Waals surface area contributed by atoms with E-state index >= 15 is 0 Å². The Hall–Kier alpha value is -2.21. The third-order valence-corrected chi connectivity index (χ3v) is 4.06. The van der Waals surface area contributed by atoms with Gasteiger partial charge in [-0.05, 0) is 36.1 Å². The fourth-order valence-corrected chi connectivity index (χ4v) is 2.91. The normalized spacial score (nSPS) is 12.3. The topological polar surface area (TPSA) is 49.8 Å². The van der Waals surface area contributed by atoms with Crippen molar-refractivity contribution in [3.8, 4) is 0 Å². The summed E-state index contributed by atoms with van der Waals surface area (Å²) in [5, 5.41) is 9.25. The van der Waals surface area contributed by atoms with E-state index < -0.39 is 0 Å². The molecule has 0 aliphatic heterocycles. The Bertz CT molecular complexity index is 771. The van der Waals surface area contributed by atoms with Crippen LogP contribution in [-0.2, 0) is 0 Å². The molecule has 0 fully saturated rings. The van der Waals surface area contributed by atoms with Gasteiger partial charge in [-0.2, -0.15) is 4.98 Å². The molecule has 0 spiro atoms. The molecule has 6 heteroatoms. The number of hydrogen-bond donors (Lipinski definition) is 2. The highest BCUT2D eigenvalue weighted by molar-refractivity contribution is 7.16. The number of thiophene rings is 1. The molecular formula is C15H15FN4S. The highest BCUT2D eigenvalue weighted by Crippen LogP contribution is 2.29. The average Bonchev–Trinajstić information content (AvgIpc) is 2.95. The van der Waals surface area contributed by atoms with Crippen LogP contribution in [0.2, 0.25) is 0 Å². The van der Waals surface area contributed by atoms with E-state index in [0.29, 0.717) is 5.95 Å². The van der Waals surface area contributed by atoms with Gasteiger partial charge in [0.25, 0.3) is 0 Å². The monoisotopic (exact) mass is 302 g/mol. The summed E-state index contributed by atoms with van der Waals surface area (Å²) in [5.74, 6) is 1.08. The molecule has 4 nitrogen and oxygen atoms in total. The standard InChI is InChI=1S/C15H15FN4S/c1-9(10-4-3-5-11(16)8-10)18-13-12-6-7-21-14(12)20-15(17-2)19-13/h3-9H,1-2H3,(H2,17,18,19,20). The Balaban J connectivity index is 1.95. The fraction of sp³-hybridized carbons (Fsp3) is 0.200. The molecular weight excluding hydrogens is 287 g/mol. The lowest BCUT2D eigenvalue weighted by atomic mass is 10.1. The second kappa shape index (κ2) is 5.65. The number of halogens is 1. The molecule has 21 heavy (non-hydrogen) atoms. The van der Waals surface area contributed by atoms with Gasteiger partial charge in [0.1, 0.15) is 16.5 Å². The summed E-state index contributed by atoms with van der Waals surface area (Å²) in [4.78, 5) is 9.78. The highest BCUT2D eigenvalue weighted by Gasteiger charge is 2.12. The molecule has 1 aromatic carbocycles. The summed E-state index contributed by atoms with van der Waals surface area (Å²) >= 11 is 1.57. The fourth-order valence-electron chi connectivity index (χ4n) is 2.14. The van der Waals surface area contributed by atoms with Gasteiger partial charge in [0.15, 0.2) is 0 Å². The summed E-state index contributed by atoms with van der Waals surface area (Å²) in [6, 6.07) is 8.51. The summed E-state index contributed by atoms with van der Waals surface area (Å²) in [5.41, 5.74) is 0.878. The van der Waals surface area contributed by atoms with Gasteiger partial charge in [-0.1, -0.05) is 12.1 Å². The molecule has 0 radical (unpaired) electrons. The smallest absolute Gasteiger partial charge is 0.225 e. The van der Waals surface area contributed by atoms with Gasteiger partial charge in [-0.3, -0.25) is 0 Å².